The number of hydrogen-bond acceptors (Lipinski definition) is 4. The summed E-state index contributed by atoms with van der Waals surface area (Å²) < 4.78 is 67.6. The Morgan fingerprint density at radius 3 is 2.75 bits per heavy atom. The second-order valence-corrected chi connectivity index (χ2v) is 7.96. The van der Waals surface area contributed by atoms with Gasteiger partial charge in [-0.2, -0.15) is 18.3 Å². The maximum absolute atomic E-state index is 13.5. The van der Waals surface area contributed by atoms with Gasteiger partial charge in [0.1, 0.15) is 0 Å². The molecule has 2 amide bonds. The Morgan fingerprint density at radius 2 is 2.14 bits per heavy atom. The molecule has 2 aromatic heterocycles. The Bertz CT molecular complexity index is 1060. The van der Waals surface area contributed by atoms with Gasteiger partial charge in [0.2, 0.25) is 5.03 Å². The lowest BCUT2D eigenvalue weighted by molar-refractivity contribution is -0.127. The predicted molar refractivity (Wildman–Crippen MR) is 91.3 cm³/mol. The van der Waals surface area contributed by atoms with Gasteiger partial charge in [0.05, 0.1) is 24.0 Å². The van der Waals surface area contributed by atoms with Crippen LogP contribution in [-0.2, 0) is 29.2 Å². The zero-order valence-electron chi connectivity index (χ0n) is 14.6. The number of pyridine rings is 1. The van der Waals surface area contributed by atoms with Crippen molar-refractivity contribution in [2.24, 2.45) is 9.50 Å². The lowest BCUT2D eigenvalue weighted by Crippen LogP contribution is -2.21. The molecule has 0 saturated heterocycles. The van der Waals surface area contributed by atoms with Gasteiger partial charge in [-0.15, -0.1) is 4.36 Å². The molecule has 0 fully saturated rings. The molecule has 4 N–H and O–H groups in total. The molecular formula is C15H16F4N6O2S. The van der Waals surface area contributed by atoms with Crippen LogP contribution in [0, 0.1) is 12.7 Å². The van der Waals surface area contributed by atoms with Gasteiger partial charge in [-0.05, 0) is 37.3 Å². The molecule has 152 valence electrons. The number of aromatic amines is 1. The highest BCUT2D eigenvalue weighted by Crippen LogP contribution is 2.34. The van der Waals surface area contributed by atoms with Crippen LogP contribution < -0.4 is 10.5 Å². The van der Waals surface area contributed by atoms with Crippen LogP contribution in [0.4, 0.5) is 28.0 Å². The van der Waals surface area contributed by atoms with Crippen LogP contribution in [0.15, 0.2) is 15.6 Å². The standard InChI is InChI=1S/C15H16F4N6O2S/c1-7-11(5-15(17,18)19)22-10-4-2-3-8(10)12(7)23-14(26)25-28(20,27)13-9(16)6-21-24-13/h6H,2-5H2,1H3,(H,21,24)(H3,20,22,23,25,26,27). The molecule has 1 aliphatic rings. The van der Waals surface area contributed by atoms with Gasteiger partial charge in [0, 0.05) is 5.69 Å². The number of alkyl halides is 3. The largest absolute Gasteiger partial charge is 0.394 e. The zero-order valence-corrected chi connectivity index (χ0v) is 15.4. The van der Waals surface area contributed by atoms with E-state index in [-0.39, 0.29) is 16.9 Å². The number of anilines is 1. The maximum atomic E-state index is 13.5. The van der Waals surface area contributed by atoms with Gasteiger partial charge in [0.15, 0.2) is 15.7 Å². The van der Waals surface area contributed by atoms with Gasteiger partial charge < -0.3 is 5.32 Å². The average Bonchev–Trinajstić information content (AvgIpc) is 3.18. The number of H-pyrrole nitrogens is 1. The van der Waals surface area contributed by atoms with Crippen molar-refractivity contribution >= 4 is 21.6 Å². The molecule has 0 spiro atoms. The average molecular weight is 420 g/mol. The number of aromatic nitrogens is 3. The minimum Gasteiger partial charge on any atom is -0.305 e. The third-order valence-electron chi connectivity index (χ3n) is 4.23. The van der Waals surface area contributed by atoms with Crippen molar-refractivity contribution in [3.63, 3.8) is 0 Å². The first-order valence-electron chi connectivity index (χ1n) is 8.11. The van der Waals surface area contributed by atoms with E-state index in [2.05, 4.69) is 24.9 Å². The summed E-state index contributed by atoms with van der Waals surface area (Å²) in [6.45, 7) is 1.40. The van der Waals surface area contributed by atoms with Gasteiger partial charge in [-0.1, -0.05) is 0 Å². The topological polar surface area (TPSA) is 126 Å². The van der Waals surface area contributed by atoms with Crippen LogP contribution in [0.1, 0.15) is 28.9 Å². The fourth-order valence-corrected chi connectivity index (χ4v) is 3.93. The summed E-state index contributed by atoms with van der Waals surface area (Å²) in [4.78, 5) is 16.3. The first-order chi connectivity index (χ1) is 13.0. The first-order valence-corrected chi connectivity index (χ1v) is 9.69. The molecule has 8 nitrogen and oxygen atoms in total. The number of carbonyl (C=O) groups excluding carboxylic acids is 1. The lowest BCUT2D eigenvalue weighted by Gasteiger charge is -2.17. The van der Waals surface area contributed by atoms with E-state index in [4.69, 9.17) is 5.14 Å². The van der Waals surface area contributed by atoms with Crippen molar-refractivity contribution in [1.82, 2.24) is 15.2 Å². The van der Waals surface area contributed by atoms with E-state index in [1.165, 1.54) is 6.92 Å². The summed E-state index contributed by atoms with van der Waals surface area (Å²) in [5, 5.41) is 12.5. The molecular weight excluding hydrogens is 404 g/mol. The number of halogens is 4. The molecule has 1 unspecified atom stereocenters. The molecule has 2 aromatic rings. The summed E-state index contributed by atoms with van der Waals surface area (Å²) in [5.41, 5.74) is 1.12. The number of fused-ring (bicyclic) bond motifs is 1. The van der Waals surface area contributed by atoms with Crippen molar-refractivity contribution in [1.29, 1.82) is 0 Å². The van der Waals surface area contributed by atoms with Crippen molar-refractivity contribution < 1.29 is 26.6 Å². The van der Waals surface area contributed by atoms with Crippen LogP contribution in [0.25, 0.3) is 0 Å². The lowest BCUT2D eigenvalue weighted by atomic mass is 10.0. The Balaban J connectivity index is 1.98. The minimum absolute atomic E-state index is 0.133. The molecule has 28 heavy (non-hydrogen) atoms. The van der Waals surface area contributed by atoms with Crippen molar-refractivity contribution in [2.45, 2.75) is 43.8 Å². The number of nitrogens with one attached hydrogen (secondary N) is 2. The van der Waals surface area contributed by atoms with Crippen molar-refractivity contribution in [2.75, 3.05) is 5.32 Å². The fraction of sp³-hybridized carbons (Fsp3) is 0.400. The van der Waals surface area contributed by atoms with Gasteiger partial charge >= 0.3 is 12.2 Å². The highest BCUT2D eigenvalue weighted by Gasteiger charge is 2.32. The Labute approximate surface area is 157 Å². The van der Waals surface area contributed by atoms with E-state index < -0.39 is 39.4 Å². The summed E-state index contributed by atoms with van der Waals surface area (Å²) in [6, 6.07) is -1.18. The van der Waals surface area contributed by atoms with Crippen LogP contribution in [-0.4, -0.2) is 31.6 Å². The molecule has 3 rings (SSSR count). The number of carbonyl (C=O) groups is 1. The van der Waals surface area contributed by atoms with E-state index in [1.807, 2.05) is 0 Å². The molecule has 0 bridgehead atoms. The quantitative estimate of drug-likeness (QED) is 0.660. The number of amides is 2. The third-order valence-corrected chi connectivity index (χ3v) is 5.50. The normalized spacial score (nSPS) is 15.8. The summed E-state index contributed by atoms with van der Waals surface area (Å²) in [7, 11) is -3.98. The first kappa shape index (κ1) is 20.2. The molecule has 1 atom stereocenters. The van der Waals surface area contributed by atoms with Gasteiger partial charge in [0.25, 0.3) is 0 Å². The van der Waals surface area contributed by atoms with E-state index >= 15 is 0 Å². The number of rotatable bonds is 3. The minimum atomic E-state index is -4.47. The summed E-state index contributed by atoms with van der Waals surface area (Å²) >= 11 is 0. The molecule has 0 aromatic carbocycles. The highest BCUT2D eigenvalue weighted by molar-refractivity contribution is 7.91. The van der Waals surface area contributed by atoms with Crippen LogP contribution >= 0.6 is 0 Å². The predicted octanol–water partition coefficient (Wildman–Crippen LogP) is 2.78. The number of nitrogens with two attached hydrogens (primary N) is 1. The van der Waals surface area contributed by atoms with Crippen LogP contribution in [0.5, 0.6) is 0 Å². The Kier molecular flexibility index (Phi) is 5.14. The van der Waals surface area contributed by atoms with E-state index in [0.29, 0.717) is 30.5 Å². The van der Waals surface area contributed by atoms with Crippen LogP contribution in [0.3, 0.4) is 0 Å². The second-order valence-electron chi connectivity index (χ2n) is 6.26. The zero-order chi connectivity index (χ0) is 20.7. The van der Waals surface area contributed by atoms with E-state index in [1.54, 1.807) is 0 Å². The second kappa shape index (κ2) is 7.13. The van der Waals surface area contributed by atoms with Crippen LogP contribution in [0.2, 0.25) is 0 Å². The van der Waals surface area contributed by atoms with E-state index in [9.17, 15) is 26.6 Å². The SMILES string of the molecule is Cc1c(CC(F)(F)F)nc2c(c1NC(=O)N=S(N)(=O)c1n[nH]cc1F)CCC2. The maximum Gasteiger partial charge on any atom is 0.394 e. The van der Waals surface area contributed by atoms with Crippen molar-refractivity contribution in [3.8, 4) is 0 Å². The Hall–Kier alpha value is -2.54. The van der Waals surface area contributed by atoms with Gasteiger partial charge in [-0.25, -0.2) is 18.5 Å². The number of urea groups is 1. The monoisotopic (exact) mass is 420 g/mol. The number of hydrogen-bond donors (Lipinski definition) is 3. The summed E-state index contributed by atoms with van der Waals surface area (Å²) in [6.07, 6.45) is -3.27. The smallest absolute Gasteiger partial charge is 0.305 e. The molecule has 13 heteroatoms. The molecule has 0 radical (unpaired) electrons. The van der Waals surface area contributed by atoms with Crippen molar-refractivity contribution in [3.05, 3.63) is 34.5 Å². The Morgan fingerprint density at radius 1 is 1.43 bits per heavy atom. The third kappa shape index (κ3) is 4.14. The molecule has 0 aliphatic heterocycles. The highest BCUT2D eigenvalue weighted by atomic mass is 32.2. The number of aryl methyl sites for hydroxylation is 1. The van der Waals surface area contributed by atoms with E-state index in [0.717, 1.165) is 6.20 Å². The molecule has 0 saturated carbocycles. The summed E-state index contributed by atoms with van der Waals surface area (Å²) in [5.74, 6) is -1.03. The molecule has 2 heterocycles. The molecule has 1 aliphatic carbocycles. The number of nitrogens with zero attached hydrogens (tertiary/aromatic N) is 3. The fourth-order valence-electron chi connectivity index (χ4n) is 3.03. The van der Waals surface area contributed by atoms with Gasteiger partial charge in [-0.3, -0.25) is 10.1 Å².